The fourth-order valence-electron chi connectivity index (χ4n) is 1.61. The maximum Gasteiger partial charge on any atom is 0.237 e. The molecular weight excluding hydrogens is 253 g/mol. The van der Waals surface area contributed by atoms with Crippen LogP contribution in [0, 0.1) is 11.8 Å². The van der Waals surface area contributed by atoms with Gasteiger partial charge in [-0.25, -0.2) is 9.37 Å². The molecule has 0 amide bonds. The van der Waals surface area contributed by atoms with E-state index in [1.54, 1.807) is 24.3 Å². The molecule has 2 rings (SSSR count). The van der Waals surface area contributed by atoms with Gasteiger partial charge >= 0.3 is 0 Å². The molecule has 0 aliphatic rings. The fraction of sp³-hybridized carbons (Fsp3) is 0.154. The molecule has 1 aromatic heterocycles. The molecule has 0 spiro atoms. The molecule has 0 aliphatic carbocycles. The number of hydrogen-bond acceptors (Lipinski definition) is 2. The van der Waals surface area contributed by atoms with E-state index in [2.05, 4.69) is 10.3 Å². The molecule has 0 unspecified atom stereocenters. The molecule has 5 heteroatoms. The Morgan fingerprint density at radius 1 is 1.11 bits per heavy atom. The minimum absolute atomic E-state index is 0.252. The summed E-state index contributed by atoms with van der Waals surface area (Å²) in [5.74, 6) is -1.02. The van der Waals surface area contributed by atoms with Gasteiger partial charge in [0.05, 0.1) is 5.69 Å². The van der Waals surface area contributed by atoms with Gasteiger partial charge in [0.15, 0.2) is 0 Å². The quantitative estimate of drug-likeness (QED) is 0.679. The van der Waals surface area contributed by atoms with Crippen LogP contribution in [-0.2, 0) is 0 Å². The van der Waals surface area contributed by atoms with Gasteiger partial charge in [-0.05, 0) is 31.5 Å². The van der Waals surface area contributed by atoms with E-state index in [0.29, 0.717) is 0 Å². The summed E-state index contributed by atoms with van der Waals surface area (Å²) in [5.41, 5.74) is 0.515. The molecule has 94 valence electrons. The van der Waals surface area contributed by atoms with E-state index < -0.39 is 19.7 Å². The van der Waals surface area contributed by atoms with E-state index in [-0.39, 0.29) is 11.4 Å². The minimum Gasteiger partial charge on any atom is -0.349 e. The van der Waals surface area contributed by atoms with Gasteiger partial charge in [0, 0.05) is 11.5 Å². The van der Waals surface area contributed by atoms with Crippen molar-refractivity contribution in [1.82, 2.24) is 4.98 Å². The summed E-state index contributed by atoms with van der Waals surface area (Å²) in [4.78, 5) is 3.61. The zero-order chi connectivity index (χ0) is 13.1. The lowest BCUT2D eigenvalue weighted by atomic mass is 10.3. The van der Waals surface area contributed by atoms with Gasteiger partial charge in [-0.1, -0.05) is 20.1 Å². The summed E-state index contributed by atoms with van der Waals surface area (Å²) in [6.07, 6.45) is 1.43. The van der Waals surface area contributed by atoms with Gasteiger partial charge in [0.25, 0.3) is 0 Å². The van der Waals surface area contributed by atoms with E-state index in [1.807, 2.05) is 13.3 Å². The third-order valence-electron chi connectivity index (χ3n) is 2.50. The summed E-state index contributed by atoms with van der Waals surface area (Å²) in [6, 6.07) is 7.95. The van der Waals surface area contributed by atoms with Crippen LogP contribution in [0.25, 0.3) is 0 Å². The first-order valence-corrected chi connectivity index (χ1v) is 7.66. The Balaban J connectivity index is 2.43. The zero-order valence-corrected chi connectivity index (χ0v) is 11.0. The summed E-state index contributed by atoms with van der Waals surface area (Å²) < 4.78 is 27.3. The van der Waals surface area contributed by atoms with Crippen molar-refractivity contribution in [2.24, 2.45) is 0 Å². The van der Waals surface area contributed by atoms with Crippen molar-refractivity contribution in [3.63, 3.8) is 0 Å². The molecular formula is C13H13F2N2P. The number of halogens is 2. The first-order valence-electron chi connectivity index (χ1n) is 5.43. The molecule has 0 radical (unpaired) electrons. The second-order valence-electron chi connectivity index (χ2n) is 4.00. The Kier molecular flexibility index (Phi) is 3.87. The second kappa shape index (κ2) is 5.40. The first kappa shape index (κ1) is 12.9. The fourth-order valence-corrected chi connectivity index (χ4v) is 2.57. The maximum atomic E-state index is 13.7. The highest BCUT2D eigenvalue weighted by atomic mass is 31.1. The van der Waals surface area contributed by atoms with Crippen molar-refractivity contribution >= 4 is 24.6 Å². The molecule has 0 atom stereocenters. The lowest BCUT2D eigenvalue weighted by molar-refractivity contribution is 0.588. The van der Waals surface area contributed by atoms with Crippen LogP contribution in [0.2, 0.25) is 0 Å². The van der Waals surface area contributed by atoms with Gasteiger partial charge in [-0.15, -0.1) is 0 Å². The Bertz CT molecular complexity index is 558. The number of benzene rings is 1. The number of rotatable bonds is 3. The van der Waals surface area contributed by atoms with Crippen LogP contribution in [0.3, 0.4) is 0 Å². The van der Waals surface area contributed by atoms with E-state index in [0.717, 1.165) is 5.30 Å². The van der Waals surface area contributed by atoms with Crippen LogP contribution < -0.4 is 10.6 Å². The smallest absolute Gasteiger partial charge is 0.237 e. The predicted octanol–water partition coefficient (Wildman–Crippen LogP) is 3.47. The van der Waals surface area contributed by atoms with Gasteiger partial charge in [-0.3, -0.25) is 0 Å². The Labute approximate surface area is 106 Å². The average Bonchev–Trinajstić information content (AvgIpc) is 2.34. The number of nitrogens with zero attached hydrogens (tertiary/aromatic N) is 1. The van der Waals surface area contributed by atoms with Crippen molar-refractivity contribution in [2.45, 2.75) is 0 Å². The monoisotopic (exact) mass is 266 g/mol. The Hall–Kier alpha value is -1.54. The van der Waals surface area contributed by atoms with E-state index in [1.165, 1.54) is 12.3 Å². The number of pyridine rings is 1. The van der Waals surface area contributed by atoms with Crippen molar-refractivity contribution in [1.29, 1.82) is 0 Å². The average molecular weight is 266 g/mol. The van der Waals surface area contributed by atoms with E-state index in [9.17, 15) is 8.78 Å². The standard InChI is InChI=1S/C13H13F2N2P/c1-18(2)11-7-8-16-13(15)12(11)17-10-6-4-3-5-9(10)14/h3-8,17H,1-2H3. The molecule has 1 heterocycles. The van der Waals surface area contributed by atoms with Crippen LogP contribution >= 0.6 is 7.92 Å². The van der Waals surface area contributed by atoms with E-state index >= 15 is 0 Å². The SMILES string of the molecule is CP(C)c1ccnc(F)c1Nc1ccccc1F. The van der Waals surface area contributed by atoms with E-state index in [4.69, 9.17) is 0 Å². The third kappa shape index (κ3) is 2.65. The van der Waals surface area contributed by atoms with Gasteiger partial charge < -0.3 is 5.32 Å². The molecule has 18 heavy (non-hydrogen) atoms. The number of nitrogens with one attached hydrogen (secondary N) is 1. The molecule has 0 aliphatic heterocycles. The summed E-state index contributed by atoms with van der Waals surface area (Å²) in [5, 5.41) is 3.63. The van der Waals surface area contributed by atoms with Gasteiger partial charge in [0.2, 0.25) is 5.95 Å². The van der Waals surface area contributed by atoms with Gasteiger partial charge in [0.1, 0.15) is 11.5 Å². The predicted molar refractivity (Wildman–Crippen MR) is 72.3 cm³/mol. The number of aromatic nitrogens is 1. The second-order valence-corrected chi connectivity index (χ2v) is 6.27. The molecule has 2 nitrogen and oxygen atoms in total. The third-order valence-corrected chi connectivity index (χ3v) is 3.83. The highest BCUT2D eigenvalue weighted by Crippen LogP contribution is 2.30. The number of para-hydroxylation sites is 1. The van der Waals surface area contributed by atoms with Gasteiger partial charge in [-0.2, -0.15) is 4.39 Å². The summed E-state index contributed by atoms with van der Waals surface area (Å²) in [7, 11) is -0.503. The Morgan fingerprint density at radius 3 is 2.50 bits per heavy atom. The topological polar surface area (TPSA) is 24.9 Å². The van der Waals surface area contributed by atoms with Crippen LogP contribution in [0.4, 0.5) is 20.2 Å². The van der Waals surface area contributed by atoms with Crippen LogP contribution in [0.5, 0.6) is 0 Å². The normalized spacial score (nSPS) is 10.7. The minimum atomic E-state index is -0.605. The first-order chi connectivity index (χ1) is 8.59. The van der Waals surface area contributed by atoms with Crippen LogP contribution in [-0.4, -0.2) is 18.3 Å². The zero-order valence-electron chi connectivity index (χ0n) is 10.1. The van der Waals surface area contributed by atoms with Crippen LogP contribution in [0.15, 0.2) is 36.5 Å². The van der Waals surface area contributed by atoms with Crippen molar-refractivity contribution < 1.29 is 8.78 Å². The summed E-state index contributed by atoms with van der Waals surface area (Å²) >= 11 is 0. The Morgan fingerprint density at radius 2 is 1.83 bits per heavy atom. The molecule has 1 aromatic carbocycles. The maximum absolute atomic E-state index is 13.7. The highest BCUT2D eigenvalue weighted by Gasteiger charge is 2.13. The molecule has 0 fully saturated rings. The lowest BCUT2D eigenvalue weighted by Crippen LogP contribution is -2.11. The summed E-state index contributed by atoms with van der Waals surface area (Å²) in [6.45, 7) is 4.02. The number of anilines is 2. The lowest BCUT2D eigenvalue weighted by Gasteiger charge is -2.15. The van der Waals surface area contributed by atoms with Crippen molar-refractivity contribution in [3.05, 3.63) is 48.3 Å². The largest absolute Gasteiger partial charge is 0.349 e. The molecule has 2 aromatic rings. The highest BCUT2D eigenvalue weighted by molar-refractivity contribution is 7.64. The van der Waals surface area contributed by atoms with Crippen molar-refractivity contribution in [3.8, 4) is 0 Å². The van der Waals surface area contributed by atoms with Crippen molar-refractivity contribution in [2.75, 3.05) is 18.6 Å². The molecule has 1 N–H and O–H groups in total. The molecule has 0 bridgehead atoms. The van der Waals surface area contributed by atoms with Crippen LogP contribution in [0.1, 0.15) is 0 Å². The number of hydrogen-bond donors (Lipinski definition) is 1. The molecule has 0 saturated carbocycles. The molecule has 0 saturated heterocycles.